The van der Waals surface area contributed by atoms with Crippen molar-refractivity contribution in [3.05, 3.63) is 51.9 Å². The molecule has 138 valence electrons. The van der Waals surface area contributed by atoms with E-state index in [-0.39, 0.29) is 11.5 Å². The molecule has 0 aliphatic carbocycles. The fourth-order valence-corrected chi connectivity index (χ4v) is 3.57. The lowest BCUT2D eigenvalue weighted by Gasteiger charge is -2.19. The first-order valence-electron chi connectivity index (χ1n) is 9.36. The summed E-state index contributed by atoms with van der Waals surface area (Å²) >= 11 is 0. The molecule has 26 heavy (non-hydrogen) atoms. The van der Waals surface area contributed by atoms with E-state index in [1.807, 2.05) is 12.1 Å². The van der Waals surface area contributed by atoms with Crippen LogP contribution in [-0.2, 0) is 16.0 Å². The molecule has 1 atom stereocenters. The van der Waals surface area contributed by atoms with Crippen LogP contribution in [0.25, 0.3) is 11.4 Å². The van der Waals surface area contributed by atoms with Gasteiger partial charge >= 0.3 is 0 Å². The zero-order valence-electron chi connectivity index (χ0n) is 14.9. The summed E-state index contributed by atoms with van der Waals surface area (Å²) in [4.78, 5) is 22.0. The summed E-state index contributed by atoms with van der Waals surface area (Å²) in [5.74, 6) is 0.856. The predicted octanol–water partition coefficient (Wildman–Crippen LogP) is 2.16. The molecule has 2 fully saturated rings. The van der Waals surface area contributed by atoms with Gasteiger partial charge in [0.1, 0.15) is 5.82 Å². The first-order chi connectivity index (χ1) is 12.8. The number of aromatic amines is 1. The zero-order chi connectivity index (χ0) is 17.8. The minimum absolute atomic E-state index is 0.106. The quantitative estimate of drug-likeness (QED) is 0.910. The predicted molar refractivity (Wildman–Crippen MR) is 99.2 cm³/mol. The van der Waals surface area contributed by atoms with Crippen molar-refractivity contribution in [2.24, 2.45) is 0 Å². The second-order valence-electron chi connectivity index (χ2n) is 7.02. The fraction of sp³-hybridized carbons (Fsp3) is 0.500. The van der Waals surface area contributed by atoms with Gasteiger partial charge < -0.3 is 14.5 Å². The maximum atomic E-state index is 12.0. The monoisotopic (exact) mass is 355 g/mol. The Morgan fingerprint density at radius 1 is 1.12 bits per heavy atom. The molecule has 4 rings (SSSR count). The van der Waals surface area contributed by atoms with Crippen LogP contribution in [0.15, 0.2) is 35.1 Å². The number of hydrogen-bond acceptors (Lipinski definition) is 5. The van der Waals surface area contributed by atoms with Crippen LogP contribution in [-0.4, -0.2) is 54.4 Å². The maximum Gasteiger partial charge on any atom is 0.251 e. The highest BCUT2D eigenvalue weighted by molar-refractivity contribution is 5.55. The van der Waals surface area contributed by atoms with E-state index in [4.69, 9.17) is 9.47 Å². The van der Waals surface area contributed by atoms with Crippen LogP contribution in [0.3, 0.4) is 0 Å². The number of H-pyrrole nitrogens is 1. The molecule has 0 unspecified atom stereocenters. The minimum Gasteiger partial charge on any atom is -0.381 e. The minimum atomic E-state index is -0.106. The molecule has 2 aliphatic rings. The largest absolute Gasteiger partial charge is 0.381 e. The Kier molecular flexibility index (Phi) is 5.43. The normalized spacial score (nSPS) is 21.6. The van der Waals surface area contributed by atoms with E-state index in [0.717, 1.165) is 63.6 Å². The summed E-state index contributed by atoms with van der Waals surface area (Å²) in [7, 11) is 0. The summed E-state index contributed by atoms with van der Waals surface area (Å²) in [5, 5.41) is 0. The molecule has 2 aromatic rings. The third-order valence-corrected chi connectivity index (χ3v) is 5.06. The molecule has 3 heterocycles. The molecule has 1 N–H and O–H groups in total. The number of nitrogens with one attached hydrogen (secondary N) is 1. The highest BCUT2D eigenvalue weighted by Crippen LogP contribution is 2.24. The Hall–Kier alpha value is -2.02. The van der Waals surface area contributed by atoms with Gasteiger partial charge in [0.25, 0.3) is 5.56 Å². The number of nitrogens with zero attached hydrogens (tertiary/aromatic N) is 2. The number of ether oxygens (including phenoxy) is 2. The van der Waals surface area contributed by atoms with Crippen molar-refractivity contribution in [1.29, 1.82) is 0 Å². The number of aromatic nitrogens is 2. The first-order valence-corrected chi connectivity index (χ1v) is 9.36. The molecule has 6 nitrogen and oxygen atoms in total. The van der Waals surface area contributed by atoms with Crippen LogP contribution in [0.2, 0.25) is 0 Å². The number of benzene rings is 1. The van der Waals surface area contributed by atoms with Gasteiger partial charge in [0.2, 0.25) is 0 Å². The van der Waals surface area contributed by atoms with Crippen molar-refractivity contribution in [3.8, 4) is 11.4 Å². The highest BCUT2D eigenvalue weighted by Gasteiger charge is 2.20. The Morgan fingerprint density at radius 3 is 2.81 bits per heavy atom. The number of hydrogen-bond donors (Lipinski definition) is 1. The van der Waals surface area contributed by atoms with E-state index >= 15 is 0 Å². The summed E-state index contributed by atoms with van der Waals surface area (Å²) in [6.45, 7) is 6.02. The lowest BCUT2D eigenvalue weighted by Crippen LogP contribution is -2.25. The molecule has 0 bridgehead atoms. The zero-order valence-corrected chi connectivity index (χ0v) is 14.9. The van der Waals surface area contributed by atoms with Crippen molar-refractivity contribution in [2.45, 2.75) is 25.3 Å². The van der Waals surface area contributed by atoms with Gasteiger partial charge in [-0.2, -0.15) is 0 Å². The summed E-state index contributed by atoms with van der Waals surface area (Å²) in [5.41, 5.74) is 2.92. The Balaban J connectivity index is 1.50. The average Bonchev–Trinajstić information content (AvgIpc) is 3.08. The molecule has 0 amide bonds. The molecule has 0 spiro atoms. The lowest BCUT2D eigenvalue weighted by atomic mass is 10.0. The van der Waals surface area contributed by atoms with Gasteiger partial charge in [0, 0.05) is 50.4 Å². The van der Waals surface area contributed by atoms with Crippen LogP contribution in [0.5, 0.6) is 0 Å². The van der Waals surface area contributed by atoms with Gasteiger partial charge in [0.15, 0.2) is 0 Å². The smallest absolute Gasteiger partial charge is 0.251 e. The van der Waals surface area contributed by atoms with Crippen molar-refractivity contribution in [1.82, 2.24) is 14.9 Å². The van der Waals surface area contributed by atoms with E-state index in [1.165, 1.54) is 5.56 Å². The lowest BCUT2D eigenvalue weighted by molar-refractivity contribution is 0.140. The first kappa shape index (κ1) is 17.4. The van der Waals surface area contributed by atoms with Gasteiger partial charge in [-0.25, -0.2) is 4.98 Å². The molecule has 2 aliphatic heterocycles. The highest BCUT2D eigenvalue weighted by atomic mass is 16.5. The van der Waals surface area contributed by atoms with E-state index in [2.05, 4.69) is 27.0 Å². The molecular formula is C20H25N3O3. The van der Waals surface area contributed by atoms with Crippen molar-refractivity contribution in [3.63, 3.8) is 0 Å². The van der Waals surface area contributed by atoms with Gasteiger partial charge in [-0.3, -0.25) is 9.69 Å². The molecule has 1 aromatic heterocycles. The summed E-state index contributed by atoms with van der Waals surface area (Å²) < 4.78 is 10.9. The maximum absolute atomic E-state index is 12.0. The van der Waals surface area contributed by atoms with Crippen LogP contribution >= 0.6 is 0 Å². The van der Waals surface area contributed by atoms with Crippen LogP contribution < -0.4 is 5.56 Å². The molecule has 6 heteroatoms. The van der Waals surface area contributed by atoms with Crippen molar-refractivity contribution < 1.29 is 9.47 Å². The molecule has 0 radical (unpaired) electrons. The van der Waals surface area contributed by atoms with Gasteiger partial charge in [0.05, 0.1) is 18.9 Å². The number of rotatable bonds is 4. The molecule has 2 saturated heterocycles. The Morgan fingerprint density at radius 2 is 2.00 bits per heavy atom. The van der Waals surface area contributed by atoms with Gasteiger partial charge in [-0.15, -0.1) is 0 Å². The Labute approximate surface area is 153 Å². The van der Waals surface area contributed by atoms with E-state index in [9.17, 15) is 4.79 Å². The second kappa shape index (κ2) is 8.12. The van der Waals surface area contributed by atoms with Gasteiger partial charge in [-0.1, -0.05) is 24.3 Å². The average molecular weight is 355 g/mol. The standard InChI is InChI=1S/C20H25N3O3/c24-19-12-18(17-6-10-26-14-17)21-20(22-19)16-4-2-15(3-5-16)13-23-7-1-9-25-11-8-23/h2-5,12,17H,1,6-11,13-14H2,(H,21,22,24)/t17-/m1/s1. The van der Waals surface area contributed by atoms with E-state index < -0.39 is 0 Å². The van der Waals surface area contributed by atoms with E-state index in [0.29, 0.717) is 12.4 Å². The fourth-order valence-electron chi connectivity index (χ4n) is 3.57. The second-order valence-corrected chi connectivity index (χ2v) is 7.02. The third kappa shape index (κ3) is 4.20. The third-order valence-electron chi connectivity index (χ3n) is 5.06. The Bertz CT molecular complexity index is 774. The SMILES string of the molecule is O=c1cc([C@@H]2CCOC2)nc(-c2ccc(CN3CCCOCC3)cc2)[nH]1. The summed E-state index contributed by atoms with van der Waals surface area (Å²) in [6.07, 6.45) is 2.01. The van der Waals surface area contributed by atoms with Crippen LogP contribution in [0, 0.1) is 0 Å². The van der Waals surface area contributed by atoms with E-state index in [1.54, 1.807) is 6.07 Å². The molecule has 0 saturated carbocycles. The molecule has 1 aromatic carbocycles. The van der Waals surface area contributed by atoms with Crippen molar-refractivity contribution in [2.75, 3.05) is 39.5 Å². The summed E-state index contributed by atoms with van der Waals surface area (Å²) in [6, 6.07) is 9.91. The van der Waals surface area contributed by atoms with Crippen LogP contribution in [0.1, 0.15) is 30.0 Å². The van der Waals surface area contributed by atoms with Crippen LogP contribution in [0.4, 0.5) is 0 Å². The van der Waals surface area contributed by atoms with Gasteiger partial charge in [-0.05, 0) is 18.4 Å². The topological polar surface area (TPSA) is 67.4 Å². The van der Waals surface area contributed by atoms with Crippen molar-refractivity contribution >= 4 is 0 Å². The molecular weight excluding hydrogens is 330 g/mol.